The van der Waals surface area contributed by atoms with Crippen molar-refractivity contribution >= 4 is 0 Å². The van der Waals surface area contributed by atoms with Crippen molar-refractivity contribution in [1.29, 1.82) is 0 Å². The third kappa shape index (κ3) is 6.47. The number of hydrogen-bond acceptors (Lipinski definition) is 0. The van der Waals surface area contributed by atoms with Crippen LogP contribution in [0.1, 0.15) is 38.5 Å². The molecule has 0 aliphatic heterocycles. The van der Waals surface area contributed by atoms with Gasteiger partial charge in [-0.15, -0.1) is 0 Å². The molecule has 0 N–H and O–H groups in total. The Morgan fingerprint density at radius 1 is 0.500 bits per heavy atom. The average molecular weight is 188 g/mol. The van der Waals surface area contributed by atoms with Gasteiger partial charge in [-0.2, -0.15) is 0 Å². The molecule has 0 saturated carbocycles. The van der Waals surface area contributed by atoms with Crippen LogP contribution in [0, 0.1) is 0 Å². The molecule has 0 unspecified atom stereocenters. The molecular weight excluding hydrogens is 168 g/mol. The topological polar surface area (TPSA) is 0 Å². The lowest BCUT2D eigenvalue weighted by Gasteiger charge is -1.93. The van der Waals surface area contributed by atoms with E-state index in [-0.39, 0.29) is 0 Å². The van der Waals surface area contributed by atoms with E-state index >= 15 is 0 Å². The Hall–Kier alpha value is -1.04. The van der Waals surface area contributed by atoms with Gasteiger partial charge in [0.25, 0.3) is 0 Å². The van der Waals surface area contributed by atoms with Gasteiger partial charge in [-0.3, -0.25) is 0 Å². The van der Waals surface area contributed by atoms with Crippen molar-refractivity contribution in [2.24, 2.45) is 0 Å². The second-order valence-corrected chi connectivity index (χ2v) is 3.55. The molecule has 1 aliphatic rings. The lowest BCUT2D eigenvalue weighted by Crippen LogP contribution is -1.72. The maximum Gasteiger partial charge on any atom is -0.0166 e. The monoisotopic (exact) mass is 188 g/mol. The third-order valence-corrected chi connectivity index (χ3v) is 2.25. The lowest BCUT2D eigenvalue weighted by atomic mass is 10.1. The van der Waals surface area contributed by atoms with Crippen LogP contribution in [0.5, 0.6) is 0 Å². The molecule has 0 aromatic rings. The van der Waals surface area contributed by atoms with Crippen molar-refractivity contribution < 1.29 is 0 Å². The number of hydrogen-bond donors (Lipinski definition) is 0. The summed E-state index contributed by atoms with van der Waals surface area (Å²) in [7, 11) is 0. The first-order valence-corrected chi connectivity index (χ1v) is 5.62. The van der Waals surface area contributed by atoms with E-state index in [1.165, 1.54) is 25.7 Å². The van der Waals surface area contributed by atoms with Gasteiger partial charge in [0.05, 0.1) is 0 Å². The van der Waals surface area contributed by atoms with Crippen LogP contribution in [-0.2, 0) is 0 Å². The Labute approximate surface area is 87.7 Å². The summed E-state index contributed by atoms with van der Waals surface area (Å²) in [6, 6.07) is 0. The largest absolute Gasteiger partial charge is 0.0882 e. The van der Waals surface area contributed by atoms with Crippen molar-refractivity contribution in [2.75, 3.05) is 0 Å². The van der Waals surface area contributed by atoms with Gasteiger partial charge in [0.1, 0.15) is 0 Å². The summed E-state index contributed by atoms with van der Waals surface area (Å²) < 4.78 is 0. The van der Waals surface area contributed by atoms with E-state index in [1.807, 2.05) is 0 Å². The molecule has 0 heteroatoms. The first kappa shape index (κ1) is 11.0. The van der Waals surface area contributed by atoms with Gasteiger partial charge < -0.3 is 0 Å². The van der Waals surface area contributed by atoms with Crippen LogP contribution in [0.3, 0.4) is 0 Å². The fourth-order valence-corrected chi connectivity index (χ4v) is 1.42. The molecule has 0 saturated heterocycles. The van der Waals surface area contributed by atoms with Crippen LogP contribution in [0.2, 0.25) is 0 Å². The summed E-state index contributed by atoms with van der Waals surface area (Å²) in [6.45, 7) is 0. The third-order valence-electron chi connectivity index (χ3n) is 2.25. The van der Waals surface area contributed by atoms with Crippen LogP contribution in [0.15, 0.2) is 48.6 Å². The Morgan fingerprint density at radius 3 is 1.93 bits per heavy atom. The molecule has 0 atom stereocenters. The van der Waals surface area contributed by atoms with Crippen LogP contribution in [-0.4, -0.2) is 0 Å². The summed E-state index contributed by atoms with van der Waals surface area (Å²) in [5, 5.41) is 0. The summed E-state index contributed by atoms with van der Waals surface area (Å²) in [5.41, 5.74) is 0. The molecule has 0 radical (unpaired) electrons. The predicted octanol–water partition coefficient (Wildman–Crippen LogP) is 4.57. The van der Waals surface area contributed by atoms with Crippen molar-refractivity contribution in [3.05, 3.63) is 48.6 Å². The van der Waals surface area contributed by atoms with Crippen molar-refractivity contribution in [3.63, 3.8) is 0 Å². The van der Waals surface area contributed by atoms with Crippen LogP contribution >= 0.6 is 0 Å². The summed E-state index contributed by atoms with van der Waals surface area (Å²) in [4.78, 5) is 0. The Bertz CT molecular complexity index is 228. The minimum Gasteiger partial charge on any atom is -0.0882 e. The number of rotatable bonds is 0. The van der Waals surface area contributed by atoms with E-state index in [0.29, 0.717) is 0 Å². The minimum atomic E-state index is 1.05. The zero-order valence-corrected chi connectivity index (χ0v) is 8.86. The zero-order chi connectivity index (χ0) is 9.90. The first-order valence-electron chi connectivity index (χ1n) is 5.62. The van der Waals surface area contributed by atoms with E-state index in [4.69, 9.17) is 0 Å². The molecule has 0 bridgehead atoms. The van der Waals surface area contributed by atoms with Gasteiger partial charge >= 0.3 is 0 Å². The molecule has 0 heterocycles. The Balaban J connectivity index is 2.35. The summed E-state index contributed by atoms with van der Waals surface area (Å²) in [5.74, 6) is 0. The molecule has 14 heavy (non-hydrogen) atoms. The van der Waals surface area contributed by atoms with Crippen LogP contribution in [0.25, 0.3) is 0 Å². The second-order valence-electron chi connectivity index (χ2n) is 3.55. The second kappa shape index (κ2) is 8.55. The maximum atomic E-state index is 2.30. The van der Waals surface area contributed by atoms with E-state index in [9.17, 15) is 0 Å². The van der Waals surface area contributed by atoms with Gasteiger partial charge in [-0.05, 0) is 38.5 Å². The first-order chi connectivity index (χ1) is 7.00. The van der Waals surface area contributed by atoms with Crippen molar-refractivity contribution in [2.45, 2.75) is 38.5 Å². The summed E-state index contributed by atoms with van der Waals surface area (Å²) in [6.07, 6.45) is 25.0. The van der Waals surface area contributed by atoms with E-state index < -0.39 is 0 Å². The highest BCUT2D eigenvalue weighted by atomic mass is 13.9. The van der Waals surface area contributed by atoms with Crippen molar-refractivity contribution in [3.8, 4) is 0 Å². The lowest BCUT2D eigenvalue weighted by molar-refractivity contribution is 0.761. The van der Waals surface area contributed by atoms with E-state index in [2.05, 4.69) is 48.6 Å². The standard InChI is InChI=1S/C14H20/c1-2-4-6-8-10-12-14-13-11-9-7-5-3-1/h1-4,7,9,13-14H,5-6,8,10-12H2/b3-1?,4-2-,9-7+,14-13+. The molecule has 1 aliphatic carbocycles. The number of allylic oxidation sites excluding steroid dienone is 8. The SMILES string of the molecule is C1=CC/C=C/C/C=C/CCCC/C=C\1. The van der Waals surface area contributed by atoms with E-state index in [0.717, 1.165) is 12.8 Å². The van der Waals surface area contributed by atoms with Gasteiger partial charge in [0.2, 0.25) is 0 Å². The molecule has 0 nitrogen and oxygen atoms in total. The normalized spacial score (nSPS) is 26.3. The molecule has 0 aromatic carbocycles. The average Bonchev–Trinajstić information content (AvgIpc) is 2.22. The molecule has 0 fully saturated rings. The van der Waals surface area contributed by atoms with Gasteiger partial charge in [0.15, 0.2) is 0 Å². The predicted molar refractivity (Wildman–Crippen MR) is 64.3 cm³/mol. The fourth-order valence-electron chi connectivity index (χ4n) is 1.42. The molecule has 76 valence electrons. The van der Waals surface area contributed by atoms with Gasteiger partial charge in [-0.25, -0.2) is 0 Å². The highest BCUT2D eigenvalue weighted by Crippen LogP contribution is 2.03. The highest BCUT2D eigenvalue weighted by Gasteiger charge is 1.83. The van der Waals surface area contributed by atoms with Crippen LogP contribution in [0.4, 0.5) is 0 Å². The van der Waals surface area contributed by atoms with E-state index in [1.54, 1.807) is 0 Å². The minimum absolute atomic E-state index is 1.05. The van der Waals surface area contributed by atoms with Crippen molar-refractivity contribution in [1.82, 2.24) is 0 Å². The smallest absolute Gasteiger partial charge is 0.0166 e. The van der Waals surface area contributed by atoms with Gasteiger partial charge in [0, 0.05) is 0 Å². The highest BCUT2D eigenvalue weighted by molar-refractivity contribution is 5.05. The zero-order valence-electron chi connectivity index (χ0n) is 8.86. The molecule has 1 rings (SSSR count). The van der Waals surface area contributed by atoms with Gasteiger partial charge in [-0.1, -0.05) is 48.6 Å². The molecule has 0 aromatic heterocycles. The Kier molecular flexibility index (Phi) is 6.74. The Morgan fingerprint density at radius 2 is 1.07 bits per heavy atom. The fraction of sp³-hybridized carbons (Fsp3) is 0.429. The molecular formula is C14H20. The molecule has 0 amide bonds. The summed E-state index contributed by atoms with van der Waals surface area (Å²) >= 11 is 0. The molecule has 0 spiro atoms. The maximum absolute atomic E-state index is 2.30. The quantitative estimate of drug-likeness (QED) is 0.489. The van der Waals surface area contributed by atoms with Crippen LogP contribution < -0.4 is 0 Å².